The van der Waals surface area contributed by atoms with Gasteiger partial charge < -0.3 is 4.74 Å². The van der Waals surface area contributed by atoms with E-state index in [0.717, 1.165) is 12.1 Å². The zero-order chi connectivity index (χ0) is 12.3. The van der Waals surface area contributed by atoms with Crippen molar-refractivity contribution in [3.05, 3.63) is 33.6 Å². The summed E-state index contributed by atoms with van der Waals surface area (Å²) < 4.78 is 18.1. The largest absolute Gasteiger partial charge is 0.484 e. The molecule has 0 fully saturated rings. The number of hydrogen-bond acceptors (Lipinski definition) is 4. The Labute approximate surface area is 91.0 Å². The first-order valence-corrected chi connectivity index (χ1v) is 4.55. The summed E-state index contributed by atoms with van der Waals surface area (Å²) in [5.74, 6) is -1.04. The average molecular weight is 227 g/mol. The maximum Gasteiger partial charge on any atom is 0.314 e. The third-order valence-corrected chi connectivity index (χ3v) is 1.74. The van der Waals surface area contributed by atoms with Crippen molar-refractivity contribution in [1.82, 2.24) is 0 Å². The maximum atomic E-state index is 13.0. The lowest BCUT2D eigenvalue weighted by Crippen LogP contribution is -2.09. The number of nitrogens with zero attached hydrogens (tertiary/aromatic N) is 1. The van der Waals surface area contributed by atoms with Crippen LogP contribution in [0.5, 0.6) is 5.75 Å². The molecule has 0 aliphatic rings. The summed E-state index contributed by atoms with van der Waals surface area (Å²) in [5.41, 5.74) is -0.712. The number of aldehydes is 1. The van der Waals surface area contributed by atoms with Gasteiger partial charge in [0.1, 0.15) is 5.82 Å². The molecule has 1 aromatic rings. The Morgan fingerprint density at radius 2 is 2.12 bits per heavy atom. The van der Waals surface area contributed by atoms with Crippen LogP contribution in [0, 0.1) is 15.9 Å². The molecule has 0 saturated carbocycles. The fourth-order valence-electron chi connectivity index (χ4n) is 1.19. The van der Waals surface area contributed by atoms with Crippen LogP contribution >= 0.6 is 0 Å². The van der Waals surface area contributed by atoms with Gasteiger partial charge in [-0.2, -0.15) is 0 Å². The SMILES string of the molecule is CC(C)Oc1c(C=O)cc(F)cc1[N+](=O)[O-]. The topological polar surface area (TPSA) is 69.4 Å². The van der Waals surface area contributed by atoms with E-state index in [-0.39, 0.29) is 17.4 Å². The van der Waals surface area contributed by atoms with Crippen molar-refractivity contribution >= 4 is 12.0 Å². The smallest absolute Gasteiger partial charge is 0.314 e. The first kappa shape index (κ1) is 12.1. The Morgan fingerprint density at radius 3 is 2.56 bits per heavy atom. The number of benzene rings is 1. The molecule has 0 aliphatic carbocycles. The number of nitro benzene ring substituents is 1. The fourth-order valence-corrected chi connectivity index (χ4v) is 1.19. The summed E-state index contributed by atoms with van der Waals surface area (Å²) in [6, 6.07) is 1.63. The first-order valence-electron chi connectivity index (χ1n) is 4.55. The summed E-state index contributed by atoms with van der Waals surface area (Å²) in [7, 11) is 0. The zero-order valence-electron chi connectivity index (χ0n) is 8.77. The molecular formula is C10H10FNO4. The highest BCUT2D eigenvalue weighted by molar-refractivity contribution is 5.82. The Kier molecular flexibility index (Phi) is 3.55. The molecule has 0 heterocycles. The lowest BCUT2D eigenvalue weighted by molar-refractivity contribution is -0.386. The highest BCUT2D eigenvalue weighted by Crippen LogP contribution is 2.32. The van der Waals surface area contributed by atoms with Gasteiger partial charge >= 0.3 is 5.69 Å². The van der Waals surface area contributed by atoms with Crippen molar-refractivity contribution in [3.63, 3.8) is 0 Å². The third kappa shape index (κ3) is 2.53. The Bertz CT molecular complexity index is 431. The van der Waals surface area contributed by atoms with Gasteiger partial charge in [0, 0.05) is 0 Å². The number of rotatable bonds is 4. The van der Waals surface area contributed by atoms with Gasteiger partial charge in [0.2, 0.25) is 5.75 Å². The number of hydrogen-bond donors (Lipinski definition) is 0. The molecule has 0 amide bonds. The van der Waals surface area contributed by atoms with Crippen molar-refractivity contribution in [2.45, 2.75) is 20.0 Å². The van der Waals surface area contributed by atoms with E-state index in [0.29, 0.717) is 6.29 Å². The molecule has 16 heavy (non-hydrogen) atoms. The second-order valence-electron chi connectivity index (χ2n) is 3.38. The van der Waals surface area contributed by atoms with Crippen LogP contribution in [-0.4, -0.2) is 17.3 Å². The van der Waals surface area contributed by atoms with Gasteiger partial charge in [-0.25, -0.2) is 4.39 Å². The minimum absolute atomic E-state index is 0.166. The average Bonchev–Trinajstić information content (AvgIpc) is 2.19. The van der Waals surface area contributed by atoms with E-state index in [9.17, 15) is 19.3 Å². The number of nitro groups is 1. The lowest BCUT2D eigenvalue weighted by Gasteiger charge is -2.11. The molecule has 1 aromatic carbocycles. The molecule has 0 radical (unpaired) electrons. The highest BCUT2D eigenvalue weighted by Gasteiger charge is 2.22. The second-order valence-corrected chi connectivity index (χ2v) is 3.38. The van der Waals surface area contributed by atoms with Crippen LogP contribution in [0.4, 0.5) is 10.1 Å². The fraction of sp³-hybridized carbons (Fsp3) is 0.300. The third-order valence-electron chi connectivity index (χ3n) is 1.74. The van der Waals surface area contributed by atoms with Crippen molar-refractivity contribution in [1.29, 1.82) is 0 Å². The normalized spacial score (nSPS) is 10.2. The van der Waals surface area contributed by atoms with Gasteiger partial charge in [0.25, 0.3) is 0 Å². The van der Waals surface area contributed by atoms with E-state index >= 15 is 0 Å². The van der Waals surface area contributed by atoms with Gasteiger partial charge in [-0.15, -0.1) is 0 Å². The van der Waals surface area contributed by atoms with Crippen LogP contribution in [0.3, 0.4) is 0 Å². The number of ether oxygens (including phenoxy) is 1. The van der Waals surface area contributed by atoms with Crippen LogP contribution < -0.4 is 4.74 Å². The standard InChI is InChI=1S/C10H10FNO4/c1-6(2)16-10-7(5-13)3-8(11)4-9(10)12(14)15/h3-6H,1-2H3. The molecule has 0 spiro atoms. The number of halogens is 1. The molecule has 0 atom stereocenters. The van der Waals surface area contributed by atoms with Crippen molar-refractivity contribution in [2.24, 2.45) is 0 Å². The van der Waals surface area contributed by atoms with E-state index in [1.807, 2.05) is 0 Å². The number of carbonyl (C=O) groups is 1. The van der Waals surface area contributed by atoms with E-state index < -0.39 is 16.4 Å². The molecule has 0 saturated heterocycles. The summed E-state index contributed by atoms with van der Waals surface area (Å²) in [6.07, 6.45) is -0.0174. The monoisotopic (exact) mass is 227 g/mol. The molecule has 86 valence electrons. The minimum atomic E-state index is -0.843. The van der Waals surface area contributed by atoms with Crippen LogP contribution in [0.15, 0.2) is 12.1 Å². The Morgan fingerprint density at radius 1 is 1.50 bits per heavy atom. The van der Waals surface area contributed by atoms with Crippen molar-refractivity contribution < 1.29 is 18.8 Å². The van der Waals surface area contributed by atoms with E-state index in [1.54, 1.807) is 13.8 Å². The van der Waals surface area contributed by atoms with Crippen molar-refractivity contribution in [3.8, 4) is 5.75 Å². The van der Waals surface area contributed by atoms with Crippen LogP contribution in [0.1, 0.15) is 24.2 Å². The maximum absolute atomic E-state index is 13.0. The molecular weight excluding hydrogens is 217 g/mol. The zero-order valence-corrected chi connectivity index (χ0v) is 8.77. The molecule has 5 nitrogen and oxygen atoms in total. The van der Waals surface area contributed by atoms with Gasteiger partial charge in [-0.3, -0.25) is 14.9 Å². The molecule has 0 aromatic heterocycles. The first-order chi connectivity index (χ1) is 7.45. The molecule has 0 aliphatic heterocycles. The van der Waals surface area contributed by atoms with Gasteiger partial charge in [-0.05, 0) is 19.9 Å². The predicted octanol–water partition coefficient (Wildman–Crippen LogP) is 2.33. The molecule has 6 heteroatoms. The summed E-state index contributed by atoms with van der Waals surface area (Å²) in [4.78, 5) is 20.5. The molecule has 0 unspecified atom stereocenters. The van der Waals surface area contributed by atoms with Gasteiger partial charge in [-0.1, -0.05) is 0 Å². The summed E-state index contributed by atoms with van der Waals surface area (Å²) >= 11 is 0. The van der Waals surface area contributed by atoms with Crippen LogP contribution in [0.25, 0.3) is 0 Å². The van der Waals surface area contributed by atoms with E-state index in [4.69, 9.17) is 4.74 Å². The minimum Gasteiger partial charge on any atom is -0.484 e. The van der Waals surface area contributed by atoms with Crippen LogP contribution in [0.2, 0.25) is 0 Å². The van der Waals surface area contributed by atoms with E-state index in [2.05, 4.69) is 0 Å². The summed E-state index contributed by atoms with van der Waals surface area (Å²) in [6.45, 7) is 3.31. The van der Waals surface area contributed by atoms with Gasteiger partial charge in [0.15, 0.2) is 6.29 Å². The Balaban J connectivity index is 3.38. The predicted molar refractivity (Wildman–Crippen MR) is 54.2 cm³/mol. The molecule has 0 bridgehead atoms. The van der Waals surface area contributed by atoms with Crippen LogP contribution in [-0.2, 0) is 0 Å². The summed E-state index contributed by atoms with van der Waals surface area (Å²) in [5, 5.41) is 10.7. The van der Waals surface area contributed by atoms with Gasteiger partial charge in [0.05, 0.1) is 22.7 Å². The molecule has 0 N–H and O–H groups in total. The second kappa shape index (κ2) is 4.69. The van der Waals surface area contributed by atoms with Crippen molar-refractivity contribution in [2.75, 3.05) is 0 Å². The molecule has 1 rings (SSSR count). The van der Waals surface area contributed by atoms with E-state index in [1.165, 1.54) is 0 Å². The highest BCUT2D eigenvalue weighted by atomic mass is 19.1. The Hall–Kier alpha value is -1.98. The number of carbonyl (C=O) groups excluding carboxylic acids is 1. The lowest BCUT2D eigenvalue weighted by atomic mass is 10.2. The quantitative estimate of drug-likeness (QED) is 0.449.